The van der Waals surface area contributed by atoms with E-state index in [0.29, 0.717) is 6.42 Å². The van der Waals surface area contributed by atoms with Gasteiger partial charge in [-0.25, -0.2) is 4.98 Å². The van der Waals surface area contributed by atoms with E-state index in [-0.39, 0.29) is 5.91 Å². The van der Waals surface area contributed by atoms with Gasteiger partial charge >= 0.3 is 0 Å². The Hall–Kier alpha value is -2.73. The maximum atomic E-state index is 11.9. The molecule has 0 fully saturated rings. The summed E-state index contributed by atoms with van der Waals surface area (Å²) in [6.45, 7) is 2.17. The van der Waals surface area contributed by atoms with E-state index >= 15 is 0 Å². The lowest BCUT2D eigenvalue weighted by Crippen LogP contribution is -2.10. The molecule has 1 aromatic carbocycles. The molecular weight excluding hydrogens is 356 g/mol. The first-order valence-corrected chi connectivity index (χ1v) is 10.2. The predicted octanol–water partition coefficient (Wildman–Crippen LogP) is 5.86. The lowest BCUT2D eigenvalue weighted by molar-refractivity contribution is -0.116. The molecule has 6 heteroatoms. The molecule has 2 aromatic heterocycles. The summed E-state index contributed by atoms with van der Waals surface area (Å²) in [4.78, 5) is 20.6. The molecule has 2 N–H and O–H groups in total. The Morgan fingerprint density at radius 3 is 2.48 bits per heavy atom. The van der Waals surface area contributed by atoms with Gasteiger partial charge in [-0.3, -0.25) is 9.78 Å². The van der Waals surface area contributed by atoms with Crippen LogP contribution in [0.2, 0.25) is 0 Å². The number of hydrogen-bond donors (Lipinski definition) is 2. The fourth-order valence-corrected chi connectivity index (χ4v) is 3.42. The highest BCUT2D eigenvalue weighted by atomic mass is 32.1. The summed E-state index contributed by atoms with van der Waals surface area (Å²) in [5.74, 6) is 0.0775. The number of hydrogen-bond acceptors (Lipinski definition) is 5. The number of amides is 1. The van der Waals surface area contributed by atoms with Crippen LogP contribution >= 0.6 is 11.3 Å². The largest absolute Gasteiger partial charge is 0.332 e. The number of anilines is 3. The molecule has 27 heavy (non-hydrogen) atoms. The maximum Gasteiger partial charge on any atom is 0.224 e. The normalized spacial score (nSPS) is 10.6. The van der Waals surface area contributed by atoms with Crippen LogP contribution in [-0.4, -0.2) is 15.9 Å². The van der Waals surface area contributed by atoms with Gasteiger partial charge in [-0.1, -0.05) is 26.2 Å². The van der Waals surface area contributed by atoms with Crippen molar-refractivity contribution in [3.05, 3.63) is 54.2 Å². The zero-order valence-electron chi connectivity index (χ0n) is 15.4. The standard InChI is InChI=1S/C21H24N4OS/c1-2-3-4-5-6-20(26)23-17-7-9-18(10-8-17)24-21-25-19(15-27-21)16-11-13-22-14-12-16/h7-15H,2-6H2,1H3,(H,23,26)(H,24,25). The summed E-state index contributed by atoms with van der Waals surface area (Å²) in [5, 5.41) is 9.10. The molecule has 3 aromatic rings. The maximum absolute atomic E-state index is 11.9. The third kappa shape index (κ3) is 5.89. The summed E-state index contributed by atoms with van der Waals surface area (Å²) < 4.78 is 0. The number of pyridine rings is 1. The highest BCUT2D eigenvalue weighted by Gasteiger charge is 2.06. The molecule has 0 unspecified atom stereocenters. The van der Waals surface area contributed by atoms with Gasteiger partial charge in [-0.2, -0.15) is 0 Å². The molecule has 0 saturated carbocycles. The zero-order valence-corrected chi connectivity index (χ0v) is 16.3. The number of aromatic nitrogens is 2. The Bertz CT molecular complexity index is 846. The summed E-state index contributed by atoms with van der Waals surface area (Å²) in [7, 11) is 0. The minimum atomic E-state index is 0.0775. The van der Waals surface area contributed by atoms with Gasteiger partial charge in [0, 0.05) is 41.1 Å². The number of unbranched alkanes of at least 4 members (excludes halogenated alkanes) is 3. The number of nitrogens with one attached hydrogen (secondary N) is 2. The second kappa shape index (κ2) is 9.83. The number of benzene rings is 1. The Balaban J connectivity index is 1.52. The van der Waals surface area contributed by atoms with Crippen molar-refractivity contribution in [3.63, 3.8) is 0 Å². The third-order valence-electron chi connectivity index (χ3n) is 4.16. The smallest absolute Gasteiger partial charge is 0.224 e. The molecule has 1 amide bonds. The molecule has 140 valence electrons. The molecule has 2 heterocycles. The number of rotatable bonds is 9. The van der Waals surface area contributed by atoms with Crippen molar-refractivity contribution >= 4 is 33.8 Å². The molecule has 0 radical (unpaired) electrons. The number of nitrogens with zero attached hydrogens (tertiary/aromatic N) is 2. The molecule has 0 aliphatic heterocycles. The van der Waals surface area contributed by atoms with Gasteiger partial charge in [0.25, 0.3) is 0 Å². The molecule has 0 bridgehead atoms. The third-order valence-corrected chi connectivity index (χ3v) is 4.92. The fraction of sp³-hybridized carbons (Fsp3) is 0.286. The second-order valence-corrected chi connectivity index (χ2v) is 7.19. The van der Waals surface area contributed by atoms with Crippen molar-refractivity contribution in [2.75, 3.05) is 10.6 Å². The van der Waals surface area contributed by atoms with E-state index in [1.165, 1.54) is 12.8 Å². The summed E-state index contributed by atoms with van der Waals surface area (Å²) >= 11 is 1.55. The van der Waals surface area contributed by atoms with Gasteiger partial charge < -0.3 is 10.6 Å². The van der Waals surface area contributed by atoms with E-state index in [9.17, 15) is 4.79 Å². The lowest BCUT2D eigenvalue weighted by Gasteiger charge is -2.07. The molecule has 0 aliphatic rings. The Morgan fingerprint density at radius 1 is 1.00 bits per heavy atom. The minimum Gasteiger partial charge on any atom is -0.332 e. The zero-order chi connectivity index (χ0) is 18.9. The summed E-state index contributed by atoms with van der Waals surface area (Å²) in [6, 6.07) is 11.6. The predicted molar refractivity (Wildman–Crippen MR) is 112 cm³/mol. The van der Waals surface area contributed by atoms with Crippen LogP contribution in [0.1, 0.15) is 39.0 Å². The monoisotopic (exact) mass is 380 g/mol. The van der Waals surface area contributed by atoms with E-state index in [1.807, 2.05) is 41.8 Å². The van der Waals surface area contributed by atoms with Gasteiger partial charge in [0.15, 0.2) is 5.13 Å². The summed E-state index contributed by atoms with van der Waals surface area (Å²) in [6.07, 6.45) is 8.53. The topological polar surface area (TPSA) is 66.9 Å². The van der Waals surface area contributed by atoms with Crippen LogP contribution in [-0.2, 0) is 4.79 Å². The van der Waals surface area contributed by atoms with Crippen LogP contribution in [0, 0.1) is 0 Å². The molecule has 0 atom stereocenters. The van der Waals surface area contributed by atoms with Crippen LogP contribution in [0.15, 0.2) is 54.2 Å². The van der Waals surface area contributed by atoms with E-state index in [2.05, 4.69) is 27.5 Å². The lowest BCUT2D eigenvalue weighted by atomic mass is 10.1. The molecule has 3 rings (SSSR count). The SMILES string of the molecule is CCCCCCC(=O)Nc1ccc(Nc2nc(-c3ccncc3)cs2)cc1. The number of carbonyl (C=O) groups is 1. The van der Waals surface area contributed by atoms with Crippen molar-refractivity contribution in [2.24, 2.45) is 0 Å². The average molecular weight is 381 g/mol. The second-order valence-electron chi connectivity index (χ2n) is 6.33. The fourth-order valence-electron chi connectivity index (χ4n) is 2.68. The molecule has 0 spiro atoms. The van der Waals surface area contributed by atoms with Crippen molar-refractivity contribution in [1.29, 1.82) is 0 Å². The van der Waals surface area contributed by atoms with Gasteiger partial charge in [0.2, 0.25) is 5.91 Å². The van der Waals surface area contributed by atoms with E-state index in [1.54, 1.807) is 23.7 Å². The molecular formula is C21H24N4OS. The van der Waals surface area contributed by atoms with Gasteiger partial charge in [0.1, 0.15) is 0 Å². The van der Waals surface area contributed by atoms with Crippen molar-refractivity contribution in [3.8, 4) is 11.3 Å². The van der Waals surface area contributed by atoms with Crippen LogP contribution < -0.4 is 10.6 Å². The van der Waals surface area contributed by atoms with E-state index < -0.39 is 0 Å². The Kier molecular flexibility index (Phi) is 6.93. The number of thiazole rings is 1. The average Bonchev–Trinajstić information content (AvgIpc) is 3.16. The first kappa shape index (κ1) is 19.0. The first-order chi connectivity index (χ1) is 13.2. The Morgan fingerprint density at radius 2 is 1.74 bits per heavy atom. The minimum absolute atomic E-state index is 0.0775. The first-order valence-electron chi connectivity index (χ1n) is 9.27. The molecule has 0 saturated heterocycles. The van der Waals surface area contributed by atoms with Crippen molar-refractivity contribution in [2.45, 2.75) is 39.0 Å². The van der Waals surface area contributed by atoms with Crippen LogP contribution in [0.4, 0.5) is 16.5 Å². The highest BCUT2D eigenvalue weighted by molar-refractivity contribution is 7.14. The van der Waals surface area contributed by atoms with Crippen molar-refractivity contribution < 1.29 is 4.79 Å². The van der Waals surface area contributed by atoms with E-state index in [0.717, 1.165) is 40.6 Å². The van der Waals surface area contributed by atoms with Crippen LogP contribution in [0.25, 0.3) is 11.3 Å². The number of carbonyl (C=O) groups excluding carboxylic acids is 1. The quantitative estimate of drug-likeness (QED) is 0.456. The Labute approximate surface area is 163 Å². The van der Waals surface area contributed by atoms with Gasteiger partial charge in [0.05, 0.1) is 5.69 Å². The summed E-state index contributed by atoms with van der Waals surface area (Å²) in [5.41, 5.74) is 3.73. The van der Waals surface area contributed by atoms with Crippen molar-refractivity contribution in [1.82, 2.24) is 9.97 Å². The van der Waals surface area contributed by atoms with Crippen LogP contribution in [0.3, 0.4) is 0 Å². The van der Waals surface area contributed by atoms with E-state index in [4.69, 9.17) is 0 Å². The van der Waals surface area contributed by atoms with Gasteiger partial charge in [-0.05, 0) is 42.8 Å². The van der Waals surface area contributed by atoms with Crippen LogP contribution in [0.5, 0.6) is 0 Å². The highest BCUT2D eigenvalue weighted by Crippen LogP contribution is 2.27. The van der Waals surface area contributed by atoms with Gasteiger partial charge in [-0.15, -0.1) is 11.3 Å². The molecule has 5 nitrogen and oxygen atoms in total. The molecule has 0 aliphatic carbocycles.